The van der Waals surface area contributed by atoms with Crippen LogP contribution in [0.2, 0.25) is 0 Å². The molecule has 3 rings (SSSR count). The summed E-state index contributed by atoms with van der Waals surface area (Å²) in [5.74, 6) is 0. The topological polar surface area (TPSA) is 24.9 Å². The molecule has 15 heavy (non-hydrogen) atoms. The highest BCUT2D eigenvalue weighted by Gasteiger charge is 2.16. The van der Waals surface area contributed by atoms with Gasteiger partial charge in [-0.25, -0.2) is 4.98 Å². The Labute approximate surface area is 104 Å². The minimum absolute atomic E-state index is 0.986. The van der Waals surface area contributed by atoms with E-state index in [4.69, 9.17) is 4.98 Å². The molecule has 3 heterocycles. The fourth-order valence-corrected chi connectivity index (χ4v) is 4.18. The Kier molecular flexibility index (Phi) is 2.64. The average Bonchev–Trinajstić information content (AvgIpc) is 2.82. The van der Waals surface area contributed by atoms with Crippen molar-refractivity contribution in [1.82, 2.24) is 10.3 Å². The van der Waals surface area contributed by atoms with Gasteiger partial charge in [-0.15, -0.1) is 22.7 Å². The Morgan fingerprint density at radius 2 is 2.27 bits per heavy atom. The normalized spacial score (nSPS) is 15.3. The Hall–Kier alpha value is -0.230. The Bertz CT molecular complexity index is 466. The lowest BCUT2D eigenvalue weighted by Crippen LogP contribution is -2.22. The number of aromatic nitrogens is 1. The Morgan fingerprint density at radius 3 is 3.00 bits per heavy atom. The first-order chi connectivity index (χ1) is 7.33. The second-order valence-corrected chi connectivity index (χ2v) is 6.97. The van der Waals surface area contributed by atoms with Gasteiger partial charge in [-0.2, -0.15) is 0 Å². The molecule has 2 nitrogen and oxygen atoms in total. The van der Waals surface area contributed by atoms with Crippen molar-refractivity contribution in [2.45, 2.75) is 13.0 Å². The summed E-state index contributed by atoms with van der Waals surface area (Å²) in [6.07, 6.45) is 1.07. The van der Waals surface area contributed by atoms with Crippen molar-refractivity contribution in [3.8, 4) is 9.88 Å². The van der Waals surface area contributed by atoms with Crippen molar-refractivity contribution in [3.05, 3.63) is 26.5 Å². The summed E-state index contributed by atoms with van der Waals surface area (Å²) in [6, 6.07) is 4.21. The Balaban J connectivity index is 2.02. The smallest absolute Gasteiger partial charge is 0.133 e. The zero-order valence-electron chi connectivity index (χ0n) is 7.92. The number of thiazole rings is 1. The number of thiophene rings is 1. The van der Waals surface area contributed by atoms with Crippen LogP contribution in [0.25, 0.3) is 9.88 Å². The summed E-state index contributed by atoms with van der Waals surface area (Å²) in [5, 5.41) is 4.54. The van der Waals surface area contributed by atoms with Gasteiger partial charge in [0.2, 0.25) is 0 Å². The van der Waals surface area contributed by atoms with Gasteiger partial charge in [-0.3, -0.25) is 0 Å². The van der Waals surface area contributed by atoms with Gasteiger partial charge in [0, 0.05) is 24.4 Å². The van der Waals surface area contributed by atoms with Crippen LogP contribution in [0.4, 0.5) is 0 Å². The number of fused-ring (bicyclic) bond motifs is 1. The average molecular weight is 301 g/mol. The van der Waals surface area contributed by atoms with Crippen LogP contribution in [0.3, 0.4) is 0 Å². The van der Waals surface area contributed by atoms with E-state index in [0.29, 0.717) is 0 Å². The lowest BCUT2D eigenvalue weighted by Gasteiger charge is -2.09. The molecule has 0 aromatic carbocycles. The van der Waals surface area contributed by atoms with E-state index in [1.54, 1.807) is 11.3 Å². The van der Waals surface area contributed by atoms with Gasteiger partial charge >= 0.3 is 0 Å². The first-order valence-corrected chi connectivity index (χ1v) is 7.20. The molecule has 1 aliphatic rings. The molecule has 0 amide bonds. The minimum Gasteiger partial charge on any atom is -0.311 e. The molecule has 1 aliphatic heterocycles. The molecule has 0 saturated heterocycles. The maximum absolute atomic E-state index is 4.70. The van der Waals surface area contributed by atoms with E-state index >= 15 is 0 Å². The quantitative estimate of drug-likeness (QED) is 0.874. The van der Waals surface area contributed by atoms with Crippen LogP contribution in [0.5, 0.6) is 0 Å². The lowest BCUT2D eigenvalue weighted by atomic mass is 10.2. The fraction of sp³-hybridized carbons (Fsp3) is 0.300. The molecule has 0 bridgehead atoms. The largest absolute Gasteiger partial charge is 0.311 e. The molecule has 0 saturated carbocycles. The van der Waals surface area contributed by atoms with Crippen molar-refractivity contribution in [2.24, 2.45) is 0 Å². The summed E-state index contributed by atoms with van der Waals surface area (Å²) < 4.78 is 1.17. The first-order valence-electron chi connectivity index (χ1n) is 4.78. The van der Waals surface area contributed by atoms with Gasteiger partial charge in [0.15, 0.2) is 0 Å². The highest BCUT2D eigenvalue weighted by Crippen LogP contribution is 2.35. The molecular weight excluding hydrogens is 292 g/mol. The highest BCUT2D eigenvalue weighted by atomic mass is 79.9. The predicted octanol–water partition coefficient (Wildman–Crippen LogP) is 3.28. The van der Waals surface area contributed by atoms with Crippen LogP contribution in [0.1, 0.15) is 10.6 Å². The molecule has 0 unspecified atom stereocenters. The van der Waals surface area contributed by atoms with Gasteiger partial charge < -0.3 is 5.32 Å². The lowest BCUT2D eigenvalue weighted by molar-refractivity contribution is 0.644. The number of rotatable bonds is 1. The van der Waals surface area contributed by atoms with Gasteiger partial charge in [0.05, 0.1) is 14.4 Å². The summed E-state index contributed by atoms with van der Waals surface area (Å²) in [6.45, 7) is 2.05. The standard InChI is InChI=1S/C10H9BrN2S2/c11-9-2-1-7(14-9)10-13-6-3-4-12-5-8(6)15-10/h1-2,12H,3-5H2. The second-order valence-electron chi connectivity index (χ2n) is 3.42. The van der Waals surface area contributed by atoms with E-state index in [0.717, 1.165) is 19.5 Å². The van der Waals surface area contributed by atoms with Crippen molar-refractivity contribution in [3.63, 3.8) is 0 Å². The fourth-order valence-electron chi connectivity index (χ4n) is 1.66. The molecule has 78 valence electrons. The highest BCUT2D eigenvalue weighted by molar-refractivity contribution is 9.11. The van der Waals surface area contributed by atoms with Gasteiger partial charge in [-0.05, 0) is 28.1 Å². The van der Waals surface area contributed by atoms with Crippen LogP contribution in [0.15, 0.2) is 15.9 Å². The van der Waals surface area contributed by atoms with E-state index in [2.05, 4.69) is 33.4 Å². The van der Waals surface area contributed by atoms with E-state index < -0.39 is 0 Å². The van der Waals surface area contributed by atoms with Crippen molar-refractivity contribution < 1.29 is 0 Å². The summed E-state index contributed by atoms with van der Waals surface area (Å²) in [4.78, 5) is 7.37. The van der Waals surface area contributed by atoms with Gasteiger partial charge in [0.1, 0.15) is 5.01 Å². The molecule has 2 aromatic rings. The van der Waals surface area contributed by atoms with E-state index in [9.17, 15) is 0 Å². The SMILES string of the molecule is Brc1ccc(-c2nc3c(s2)CNCC3)s1. The van der Waals surface area contributed by atoms with Crippen molar-refractivity contribution in [1.29, 1.82) is 0 Å². The number of nitrogens with one attached hydrogen (secondary N) is 1. The zero-order chi connectivity index (χ0) is 10.3. The maximum atomic E-state index is 4.70. The Morgan fingerprint density at radius 1 is 1.33 bits per heavy atom. The van der Waals surface area contributed by atoms with Gasteiger partial charge in [-0.1, -0.05) is 0 Å². The molecule has 0 atom stereocenters. The molecular formula is C10H9BrN2S2. The number of hydrogen-bond acceptors (Lipinski definition) is 4. The number of hydrogen-bond donors (Lipinski definition) is 1. The van der Waals surface area contributed by atoms with E-state index in [-0.39, 0.29) is 0 Å². The van der Waals surface area contributed by atoms with Crippen LogP contribution < -0.4 is 5.32 Å². The van der Waals surface area contributed by atoms with Crippen molar-refractivity contribution >= 4 is 38.6 Å². The molecule has 0 spiro atoms. The third-order valence-corrected chi connectivity index (χ3v) is 5.28. The molecule has 0 radical (unpaired) electrons. The molecule has 0 aliphatic carbocycles. The summed E-state index contributed by atoms with van der Waals surface area (Å²) >= 11 is 7.05. The summed E-state index contributed by atoms with van der Waals surface area (Å²) in [7, 11) is 0. The number of nitrogens with zero attached hydrogens (tertiary/aromatic N) is 1. The second kappa shape index (κ2) is 3.97. The molecule has 0 fully saturated rings. The van der Waals surface area contributed by atoms with Crippen LogP contribution in [0, 0.1) is 0 Å². The number of halogens is 1. The van der Waals surface area contributed by atoms with Crippen LogP contribution >= 0.6 is 38.6 Å². The van der Waals surface area contributed by atoms with Crippen molar-refractivity contribution in [2.75, 3.05) is 6.54 Å². The first kappa shape index (κ1) is 9.96. The maximum Gasteiger partial charge on any atom is 0.133 e. The third kappa shape index (κ3) is 1.89. The van der Waals surface area contributed by atoms with Gasteiger partial charge in [0.25, 0.3) is 0 Å². The van der Waals surface area contributed by atoms with E-state index in [1.165, 1.54) is 24.2 Å². The summed E-state index contributed by atoms with van der Waals surface area (Å²) in [5.41, 5.74) is 1.29. The van der Waals surface area contributed by atoms with Crippen LogP contribution in [-0.4, -0.2) is 11.5 Å². The minimum atomic E-state index is 0.986. The molecule has 2 aromatic heterocycles. The molecule has 1 N–H and O–H groups in total. The predicted molar refractivity (Wildman–Crippen MR) is 68.5 cm³/mol. The zero-order valence-corrected chi connectivity index (χ0v) is 11.1. The molecule has 5 heteroatoms. The van der Waals surface area contributed by atoms with E-state index in [1.807, 2.05) is 11.3 Å². The van der Waals surface area contributed by atoms with Crippen LogP contribution in [-0.2, 0) is 13.0 Å². The third-order valence-electron chi connectivity index (χ3n) is 2.39. The monoisotopic (exact) mass is 300 g/mol.